The van der Waals surface area contributed by atoms with Crippen LogP contribution in [0.25, 0.3) is 0 Å². The van der Waals surface area contributed by atoms with Gasteiger partial charge in [0.2, 0.25) is 5.91 Å². The molecule has 3 aliphatic rings. The third kappa shape index (κ3) is 2.75. The number of fused-ring (bicyclic) bond motifs is 1. The summed E-state index contributed by atoms with van der Waals surface area (Å²) in [6, 6.07) is 21.5. The van der Waals surface area contributed by atoms with Crippen molar-refractivity contribution in [2.45, 2.75) is 30.7 Å². The number of carbonyl (C=O) groups excluding carboxylic acids is 1. The van der Waals surface area contributed by atoms with E-state index in [1.165, 1.54) is 11.1 Å². The molecule has 1 aliphatic carbocycles. The zero-order chi connectivity index (χ0) is 17.5. The molecule has 0 aromatic heterocycles. The van der Waals surface area contributed by atoms with Crippen molar-refractivity contribution in [2.75, 3.05) is 19.8 Å². The fraction of sp³-hybridized carbons (Fsp3) is 0.435. The Morgan fingerprint density at radius 2 is 1.58 bits per heavy atom. The van der Waals surface area contributed by atoms with Crippen LogP contribution >= 0.6 is 0 Å². The minimum Gasteiger partial charge on any atom is -0.381 e. The molecule has 1 saturated carbocycles. The van der Waals surface area contributed by atoms with Gasteiger partial charge in [-0.3, -0.25) is 4.79 Å². The molecule has 134 valence electrons. The lowest BCUT2D eigenvalue weighted by Crippen LogP contribution is -2.42. The molecule has 2 heterocycles. The molecule has 3 heteroatoms. The summed E-state index contributed by atoms with van der Waals surface area (Å²) in [7, 11) is 0. The molecule has 2 aliphatic heterocycles. The van der Waals surface area contributed by atoms with Gasteiger partial charge in [-0.2, -0.15) is 0 Å². The maximum Gasteiger partial charge on any atom is 0.226 e. The Balaban J connectivity index is 1.36. The largest absolute Gasteiger partial charge is 0.381 e. The summed E-state index contributed by atoms with van der Waals surface area (Å²) in [5.41, 5.74) is 2.66. The molecule has 0 N–H and O–H groups in total. The Bertz CT molecular complexity index is 775. The number of ether oxygens (including phenoxy) is 1. The summed E-state index contributed by atoms with van der Waals surface area (Å²) in [5.74, 6) is 1.80. The maximum atomic E-state index is 13.3. The SMILES string of the molecule is O=C([C@@H]1C[C@H]1c1ccccc1)N1CC(c2ccccc2)C2COCCC21. The smallest absolute Gasteiger partial charge is 0.226 e. The topological polar surface area (TPSA) is 29.5 Å². The molecular formula is C23H25NO2. The average Bonchev–Trinajstić information content (AvgIpc) is 3.42. The lowest BCUT2D eigenvalue weighted by Gasteiger charge is -2.32. The van der Waals surface area contributed by atoms with Crippen LogP contribution < -0.4 is 0 Å². The second-order valence-electron chi connectivity index (χ2n) is 7.96. The van der Waals surface area contributed by atoms with Crippen molar-refractivity contribution in [3.05, 3.63) is 71.8 Å². The zero-order valence-corrected chi connectivity index (χ0v) is 15.0. The van der Waals surface area contributed by atoms with Crippen LogP contribution in [0.2, 0.25) is 0 Å². The lowest BCUT2D eigenvalue weighted by molar-refractivity contribution is -0.135. The third-order valence-corrected chi connectivity index (χ3v) is 6.52. The monoisotopic (exact) mass is 347 g/mol. The molecule has 3 nitrogen and oxygen atoms in total. The third-order valence-electron chi connectivity index (χ3n) is 6.52. The minimum atomic E-state index is 0.176. The standard InChI is InChI=1S/C23H25NO2/c25-23(19-13-18(19)16-7-3-1-4-8-16)24-14-20(17-9-5-2-6-10-17)21-15-26-12-11-22(21)24/h1-10,18-22H,11-15H2/t18-,19+,20?,21?,22?/m0/s1. The van der Waals surface area contributed by atoms with Gasteiger partial charge in [0.1, 0.15) is 0 Å². The van der Waals surface area contributed by atoms with E-state index in [1.54, 1.807) is 0 Å². The van der Waals surface area contributed by atoms with Gasteiger partial charge in [0.15, 0.2) is 0 Å². The van der Waals surface area contributed by atoms with Gasteiger partial charge in [-0.25, -0.2) is 0 Å². The summed E-state index contributed by atoms with van der Waals surface area (Å²) in [6.45, 7) is 2.40. The molecule has 5 rings (SSSR count). The highest BCUT2D eigenvalue weighted by Gasteiger charge is 2.52. The molecule has 3 fully saturated rings. The van der Waals surface area contributed by atoms with Crippen LogP contribution in [-0.2, 0) is 9.53 Å². The van der Waals surface area contributed by atoms with Crippen molar-refractivity contribution in [1.29, 1.82) is 0 Å². The van der Waals surface area contributed by atoms with Gasteiger partial charge >= 0.3 is 0 Å². The fourth-order valence-corrected chi connectivity index (χ4v) is 5.06. The number of hydrogen-bond acceptors (Lipinski definition) is 2. The first-order chi connectivity index (χ1) is 12.8. The Morgan fingerprint density at radius 1 is 0.923 bits per heavy atom. The average molecular weight is 347 g/mol. The summed E-state index contributed by atoms with van der Waals surface area (Å²) < 4.78 is 5.79. The Morgan fingerprint density at radius 3 is 2.27 bits per heavy atom. The van der Waals surface area contributed by atoms with E-state index in [0.717, 1.165) is 32.6 Å². The van der Waals surface area contributed by atoms with E-state index in [9.17, 15) is 4.79 Å². The van der Waals surface area contributed by atoms with Crippen molar-refractivity contribution >= 4 is 5.91 Å². The van der Waals surface area contributed by atoms with E-state index in [2.05, 4.69) is 59.5 Å². The summed E-state index contributed by atoms with van der Waals surface area (Å²) in [4.78, 5) is 15.5. The number of rotatable bonds is 3. The van der Waals surface area contributed by atoms with Gasteiger partial charge < -0.3 is 9.64 Å². The highest BCUT2D eigenvalue weighted by molar-refractivity contribution is 5.84. The normalized spacial score (nSPS) is 32.9. The van der Waals surface area contributed by atoms with Crippen molar-refractivity contribution in [1.82, 2.24) is 4.90 Å². The number of likely N-dealkylation sites (tertiary alicyclic amines) is 1. The molecule has 5 atom stereocenters. The maximum absolute atomic E-state index is 13.3. The molecule has 2 aromatic rings. The van der Waals surface area contributed by atoms with Gasteiger partial charge in [-0.1, -0.05) is 60.7 Å². The van der Waals surface area contributed by atoms with Crippen molar-refractivity contribution in [2.24, 2.45) is 11.8 Å². The van der Waals surface area contributed by atoms with Crippen molar-refractivity contribution in [3.63, 3.8) is 0 Å². The predicted octanol–water partition coefficient (Wildman–Crippen LogP) is 3.82. The second-order valence-corrected chi connectivity index (χ2v) is 7.96. The molecule has 3 unspecified atom stereocenters. The molecule has 0 spiro atoms. The van der Waals surface area contributed by atoms with Crippen molar-refractivity contribution < 1.29 is 9.53 Å². The summed E-state index contributed by atoms with van der Waals surface area (Å²) in [6.07, 6.45) is 1.98. The van der Waals surface area contributed by atoms with Gasteiger partial charge in [-0.15, -0.1) is 0 Å². The predicted molar refractivity (Wildman–Crippen MR) is 101 cm³/mol. The van der Waals surface area contributed by atoms with Gasteiger partial charge in [0.05, 0.1) is 6.61 Å². The molecule has 1 amide bonds. The van der Waals surface area contributed by atoms with E-state index in [4.69, 9.17) is 4.74 Å². The highest BCUT2D eigenvalue weighted by Crippen LogP contribution is 2.51. The Hall–Kier alpha value is -2.13. The number of nitrogens with zero attached hydrogens (tertiary/aromatic N) is 1. The van der Waals surface area contributed by atoms with Crippen LogP contribution in [0.15, 0.2) is 60.7 Å². The molecule has 2 aromatic carbocycles. The molecule has 0 bridgehead atoms. The number of carbonyl (C=O) groups is 1. The van der Waals surface area contributed by atoms with E-state index >= 15 is 0 Å². The first-order valence-corrected chi connectivity index (χ1v) is 9.81. The summed E-state index contributed by atoms with van der Waals surface area (Å²) in [5, 5.41) is 0. The quantitative estimate of drug-likeness (QED) is 0.845. The zero-order valence-electron chi connectivity index (χ0n) is 15.0. The molecule has 2 saturated heterocycles. The van der Waals surface area contributed by atoms with Crippen LogP contribution in [0.3, 0.4) is 0 Å². The number of hydrogen-bond donors (Lipinski definition) is 0. The van der Waals surface area contributed by atoms with Crippen LogP contribution in [-0.4, -0.2) is 36.6 Å². The van der Waals surface area contributed by atoms with Crippen LogP contribution in [0.1, 0.15) is 35.8 Å². The molecule has 0 radical (unpaired) electrons. The number of amides is 1. The highest BCUT2D eigenvalue weighted by atomic mass is 16.5. The van der Waals surface area contributed by atoms with E-state index < -0.39 is 0 Å². The Labute approximate surface area is 155 Å². The second kappa shape index (κ2) is 6.55. The van der Waals surface area contributed by atoms with Crippen molar-refractivity contribution in [3.8, 4) is 0 Å². The summed E-state index contributed by atoms with van der Waals surface area (Å²) >= 11 is 0. The lowest BCUT2D eigenvalue weighted by atomic mass is 9.84. The van der Waals surface area contributed by atoms with Gasteiger partial charge in [0.25, 0.3) is 0 Å². The number of benzene rings is 2. The van der Waals surface area contributed by atoms with Crippen LogP contribution in [0.5, 0.6) is 0 Å². The van der Waals surface area contributed by atoms with Gasteiger partial charge in [0, 0.05) is 36.9 Å². The molecule has 26 heavy (non-hydrogen) atoms. The van der Waals surface area contributed by atoms with Crippen LogP contribution in [0.4, 0.5) is 0 Å². The van der Waals surface area contributed by atoms with E-state index in [-0.39, 0.29) is 5.92 Å². The van der Waals surface area contributed by atoms with E-state index in [0.29, 0.717) is 29.7 Å². The van der Waals surface area contributed by atoms with Gasteiger partial charge in [-0.05, 0) is 29.9 Å². The first kappa shape index (κ1) is 16.1. The van der Waals surface area contributed by atoms with Crippen LogP contribution in [0, 0.1) is 11.8 Å². The molecular weight excluding hydrogens is 322 g/mol. The first-order valence-electron chi connectivity index (χ1n) is 9.81. The fourth-order valence-electron chi connectivity index (χ4n) is 5.06. The Kier molecular flexibility index (Phi) is 4.05. The minimum absolute atomic E-state index is 0.176. The van der Waals surface area contributed by atoms with E-state index in [1.807, 2.05) is 6.07 Å².